The van der Waals surface area contributed by atoms with Gasteiger partial charge in [0.2, 0.25) is 0 Å². The zero-order valence-corrected chi connectivity index (χ0v) is 15.1. The molecule has 1 aliphatic rings. The van der Waals surface area contributed by atoms with Gasteiger partial charge in [0.1, 0.15) is 0 Å². The summed E-state index contributed by atoms with van der Waals surface area (Å²) < 4.78 is 6.83. The van der Waals surface area contributed by atoms with Crippen LogP contribution in [0.25, 0.3) is 5.69 Å². The van der Waals surface area contributed by atoms with Crippen LogP contribution in [0.3, 0.4) is 0 Å². The minimum absolute atomic E-state index is 0.0748. The molecule has 2 atom stereocenters. The van der Waals surface area contributed by atoms with E-state index in [1.807, 2.05) is 30.7 Å². The van der Waals surface area contributed by atoms with Crippen LogP contribution in [-0.2, 0) is 9.53 Å². The number of nitrogens with zero attached hydrogens (tertiary/aromatic N) is 2. The molecular weight excluding hydrogens is 316 g/mol. The van der Waals surface area contributed by atoms with Crippen LogP contribution in [0, 0.1) is 13.8 Å². The van der Waals surface area contributed by atoms with Crippen molar-refractivity contribution in [1.29, 1.82) is 0 Å². The topological polar surface area (TPSA) is 68.2 Å². The van der Waals surface area contributed by atoms with Crippen molar-refractivity contribution < 1.29 is 9.53 Å². The number of esters is 1. The number of hydrogen-bond acceptors (Lipinski definition) is 5. The summed E-state index contributed by atoms with van der Waals surface area (Å²) in [4.78, 5) is 11.9. The van der Waals surface area contributed by atoms with Crippen LogP contribution in [0.4, 0.5) is 0 Å². The normalized spacial score (nSPS) is 18.3. The van der Waals surface area contributed by atoms with Gasteiger partial charge in [-0.2, -0.15) is 5.10 Å². The average Bonchev–Trinajstić information content (AvgIpc) is 3.23. The number of aromatic nitrogens is 2. The monoisotopic (exact) mass is 342 g/mol. The molecule has 1 fully saturated rings. The fourth-order valence-electron chi connectivity index (χ4n) is 3.37. The van der Waals surface area contributed by atoms with Gasteiger partial charge in [-0.1, -0.05) is 12.1 Å². The minimum atomic E-state index is -0.208. The Kier molecular flexibility index (Phi) is 5.50. The highest BCUT2D eigenvalue weighted by molar-refractivity contribution is 5.70. The minimum Gasteiger partial charge on any atom is -0.469 e. The maximum atomic E-state index is 11.9. The van der Waals surface area contributed by atoms with E-state index >= 15 is 0 Å². The number of carbonyl (C=O) groups is 1. The Morgan fingerprint density at radius 1 is 1.44 bits per heavy atom. The largest absolute Gasteiger partial charge is 0.469 e. The molecule has 0 aliphatic carbocycles. The standard InChI is InChI=1S/C19H26N4O2/c1-13-9-14(2)23(22-13)17-6-4-5-15(10-17)18(11-19(24)25-3)21-16-7-8-20-12-16/h4-6,9-10,16,18,20-21H,7-8,11-12H2,1-3H3. The molecular formula is C19H26N4O2. The molecule has 1 saturated heterocycles. The smallest absolute Gasteiger partial charge is 0.307 e. The van der Waals surface area contributed by atoms with Gasteiger partial charge in [0.05, 0.1) is 24.9 Å². The molecule has 0 spiro atoms. The number of rotatable bonds is 6. The summed E-state index contributed by atoms with van der Waals surface area (Å²) in [6.07, 6.45) is 1.38. The Balaban J connectivity index is 1.87. The highest BCUT2D eigenvalue weighted by atomic mass is 16.5. The summed E-state index contributed by atoms with van der Waals surface area (Å²) >= 11 is 0. The molecule has 0 amide bonds. The second-order valence-electron chi connectivity index (χ2n) is 6.62. The first-order chi connectivity index (χ1) is 12.1. The van der Waals surface area contributed by atoms with E-state index in [0.29, 0.717) is 12.5 Å². The molecule has 2 heterocycles. The molecule has 1 aliphatic heterocycles. The highest BCUT2D eigenvalue weighted by Gasteiger charge is 2.23. The van der Waals surface area contributed by atoms with Crippen molar-refractivity contribution in [3.8, 4) is 5.69 Å². The third-order valence-electron chi connectivity index (χ3n) is 4.62. The Morgan fingerprint density at radius 3 is 2.92 bits per heavy atom. The zero-order chi connectivity index (χ0) is 17.8. The summed E-state index contributed by atoms with van der Waals surface area (Å²) in [5.41, 5.74) is 4.16. The van der Waals surface area contributed by atoms with Crippen molar-refractivity contribution >= 4 is 5.97 Å². The summed E-state index contributed by atoms with van der Waals surface area (Å²) in [6.45, 7) is 5.96. The lowest BCUT2D eigenvalue weighted by Gasteiger charge is -2.23. The van der Waals surface area contributed by atoms with Gasteiger partial charge in [-0.3, -0.25) is 4.79 Å². The van der Waals surface area contributed by atoms with E-state index in [9.17, 15) is 4.79 Å². The number of nitrogens with one attached hydrogen (secondary N) is 2. The Morgan fingerprint density at radius 2 is 2.28 bits per heavy atom. The second kappa shape index (κ2) is 7.80. The molecule has 0 radical (unpaired) electrons. The maximum Gasteiger partial charge on any atom is 0.307 e. The van der Waals surface area contributed by atoms with E-state index < -0.39 is 0 Å². The quantitative estimate of drug-likeness (QED) is 0.787. The van der Waals surface area contributed by atoms with Gasteiger partial charge in [-0.25, -0.2) is 4.68 Å². The zero-order valence-electron chi connectivity index (χ0n) is 15.1. The van der Waals surface area contributed by atoms with Gasteiger partial charge in [0.25, 0.3) is 0 Å². The van der Waals surface area contributed by atoms with E-state index in [1.165, 1.54) is 7.11 Å². The van der Waals surface area contributed by atoms with Crippen molar-refractivity contribution in [2.75, 3.05) is 20.2 Å². The van der Waals surface area contributed by atoms with Crippen LogP contribution in [0.1, 0.15) is 35.8 Å². The van der Waals surface area contributed by atoms with Gasteiger partial charge in [0, 0.05) is 24.3 Å². The van der Waals surface area contributed by atoms with Crippen LogP contribution >= 0.6 is 0 Å². The average molecular weight is 342 g/mol. The molecule has 6 nitrogen and oxygen atoms in total. The third-order valence-corrected chi connectivity index (χ3v) is 4.62. The summed E-state index contributed by atoms with van der Waals surface area (Å²) in [5.74, 6) is -0.208. The van der Waals surface area contributed by atoms with Crippen LogP contribution in [0.15, 0.2) is 30.3 Å². The van der Waals surface area contributed by atoms with Crippen LogP contribution in [0.5, 0.6) is 0 Å². The predicted molar refractivity (Wildman–Crippen MR) is 96.8 cm³/mol. The van der Waals surface area contributed by atoms with Gasteiger partial charge in [0.15, 0.2) is 0 Å². The molecule has 0 saturated carbocycles. The number of benzene rings is 1. The van der Waals surface area contributed by atoms with Crippen molar-refractivity contribution in [3.63, 3.8) is 0 Å². The van der Waals surface area contributed by atoms with E-state index in [1.54, 1.807) is 0 Å². The lowest BCUT2D eigenvalue weighted by atomic mass is 10.0. The second-order valence-corrected chi connectivity index (χ2v) is 6.62. The molecule has 2 aromatic rings. The van der Waals surface area contributed by atoms with Crippen molar-refractivity contribution in [2.24, 2.45) is 0 Å². The van der Waals surface area contributed by atoms with Crippen molar-refractivity contribution in [1.82, 2.24) is 20.4 Å². The highest BCUT2D eigenvalue weighted by Crippen LogP contribution is 2.23. The Bertz CT molecular complexity index is 735. The maximum absolute atomic E-state index is 11.9. The first kappa shape index (κ1) is 17.6. The lowest BCUT2D eigenvalue weighted by molar-refractivity contribution is -0.141. The SMILES string of the molecule is COC(=O)CC(NC1CCNC1)c1cccc(-n2nc(C)cc2C)c1. The third kappa shape index (κ3) is 4.27. The number of ether oxygens (including phenoxy) is 1. The first-order valence-electron chi connectivity index (χ1n) is 8.74. The van der Waals surface area contributed by atoms with Crippen molar-refractivity contribution in [3.05, 3.63) is 47.3 Å². The number of carbonyl (C=O) groups excluding carboxylic acids is 1. The summed E-state index contributed by atoms with van der Waals surface area (Å²) in [6, 6.07) is 10.6. The van der Waals surface area contributed by atoms with Gasteiger partial charge >= 0.3 is 5.97 Å². The number of hydrogen-bond donors (Lipinski definition) is 2. The fraction of sp³-hybridized carbons (Fsp3) is 0.474. The molecule has 134 valence electrons. The fourth-order valence-corrected chi connectivity index (χ4v) is 3.37. The van der Waals surface area contributed by atoms with E-state index in [2.05, 4.69) is 33.9 Å². The van der Waals surface area contributed by atoms with Gasteiger partial charge < -0.3 is 15.4 Å². The van der Waals surface area contributed by atoms with Crippen molar-refractivity contribution in [2.45, 2.75) is 38.8 Å². The van der Waals surface area contributed by atoms with E-state index in [0.717, 1.165) is 42.1 Å². The lowest BCUT2D eigenvalue weighted by Crippen LogP contribution is -2.35. The van der Waals surface area contributed by atoms with E-state index in [4.69, 9.17) is 4.74 Å². The summed E-state index contributed by atoms with van der Waals surface area (Å²) in [7, 11) is 1.43. The molecule has 2 N–H and O–H groups in total. The first-order valence-corrected chi connectivity index (χ1v) is 8.74. The Hall–Kier alpha value is -2.18. The van der Waals surface area contributed by atoms with E-state index in [-0.39, 0.29) is 12.0 Å². The molecule has 6 heteroatoms. The molecule has 3 rings (SSSR count). The number of methoxy groups -OCH3 is 1. The molecule has 2 unspecified atom stereocenters. The summed E-state index contributed by atoms with van der Waals surface area (Å²) in [5, 5.41) is 11.5. The van der Waals surface area contributed by atoms with Crippen LogP contribution in [0.2, 0.25) is 0 Å². The van der Waals surface area contributed by atoms with Gasteiger partial charge in [-0.05, 0) is 50.6 Å². The molecule has 25 heavy (non-hydrogen) atoms. The van der Waals surface area contributed by atoms with Crippen LogP contribution in [-0.4, -0.2) is 42.0 Å². The molecule has 0 bridgehead atoms. The Labute approximate surface area is 148 Å². The van der Waals surface area contributed by atoms with Gasteiger partial charge in [-0.15, -0.1) is 0 Å². The predicted octanol–water partition coefficient (Wildman–Crippen LogP) is 2.04. The molecule has 1 aromatic carbocycles. The number of aryl methyl sites for hydroxylation is 2. The molecule has 1 aromatic heterocycles. The van der Waals surface area contributed by atoms with Crippen LogP contribution < -0.4 is 10.6 Å².